The van der Waals surface area contributed by atoms with Crippen molar-refractivity contribution in [3.05, 3.63) is 34.9 Å². The lowest BCUT2D eigenvalue weighted by Crippen LogP contribution is -2.19. The molecule has 2 N–H and O–H groups in total. The maximum atomic E-state index is 12.6. The zero-order valence-electron chi connectivity index (χ0n) is 10.2. The first-order valence-electron chi connectivity index (χ1n) is 5.48. The van der Waals surface area contributed by atoms with E-state index >= 15 is 0 Å². The molecule has 1 atom stereocenters. The third-order valence-corrected chi connectivity index (χ3v) is 2.71. The van der Waals surface area contributed by atoms with Gasteiger partial charge in [0.05, 0.1) is 11.1 Å². The number of nitrogens with two attached hydrogens (primary N) is 1. The summed E-state index contributed by atoms with van der Waals surface area (Å²) in [5.41, 5.74) is 2.78. The molecule has 1 aromatic rings. The van der Waals surface area contributed by atoms with Crippen LogP contribution < -0.4 is 5.73 Å². The highest BCUT2D eigenvalue weighted by molar-refractivity contribution is 5.35. The van der Waals surface area contributed by atoms with Gasteiger partial charge in [-0.1, -0.05) is 13.8 Å². The number of hydrogen-bond acceptors (Lipinski definition) is 1. The van der Waals surface area contributed by atoms with Gasteiger partial charge in [-0.15, -0.1) is 0 Å². The summed E-state index contributed by atoms with van der Waals surface area (Å²) in [6.45, 7) is 3.25. The molecule has 1 rings (SSSR count). The molecule has 0 saturated carbocycles. The molecule has 0 saturated heterocycles. The van der Waals surface area contributed by atoms with Gasteiger partial charge >= 0.3 is 12.4 Å². The molecule has 0 aliphatic carbocycles. The molecule has 1 aromatic carbocycles. The van der Waals surface area contributed by atoms with Crippen LogP contribution in [-0.4, -0.2) is 0 Å². The minimum Gasteiger partial charge on any atom is -0.324 e. The summed E-state index contributed by atoms with van der Waals surface area (Å²) in [5.74, 6) is -0.274. The predicted molar refractivity (Wildman–Crippen MR) is 58.2 cm³/mol. The number of halogens is 6. The second-order valence-corrected chi connectivity index (χ2v) is 4.61. The van der Waals surface area contributed by atoms with E-state index in [9.17, 15) is 26.3 Å². The zero-order valence-corrected chi connectivity index (χ0v) is 10.2. The predicted octanol–water partition coefficient (Wildman–Crippen LogP) is 4.38. The molecule has 108 valence electrons. The molecule has 19 heavy (non-hydrogen) atoms. The average molecular weight is 285 g/mol. The standard InChI is InChI=1S/C12H13F6N/c1-6(2)10(19)7-3-8(11(13,14)15)5-9(4-7)12(16,17)18/h3-6,10H,19H2,1-2H3/t10-/m1/s1. The summed E-state index contributed by atoms with van der Waals surface area (Å²) < 4.78 is 75.6. The van der Waals surface area contributed by atoms with Crippen LogP contribution in [-0.2, 0) is 12.4 Å². The minimum absolute atomic E-state index is 0.0938. The first kappa shape index (κ1) is 15.8. The Morgan fingerprint density at radius 2 is 1.21 bits per heavy atom. The van der Waals surface area contributed by atoms with Gasteiger partial charge in [0.15, 0.2) is 0 Å². The monoisotopic (exact) mass is 285 g/mol. The van der Waals surface area contributed by atoms with Crippen LogP contribution in [0, 0.1) is 5.92 Å². The maximum absolute atomic E-state index is 12.6. The molecule has 0 fully saturated rings. The fraction of sp³-hybridized carbons (Fsp3) is 0.500. The van der Waals surface area contributed by atoms with Gasteiger partial charge in [-0.2, -0.15) is 26.3 Å². The van der Waals surface area contributed by atoms with Crippen molar-refractivity contribution in [3.8, 4) is 0 Å². The lowest BCUT2D eigenvalue weighted by Gasteiger charge is -2.20. The first-order valence-corrected chi connectivity index (χ1v) is 5.48. The van der Waals surface area contributed by atoms with Gasteiger partial charge in [-0.25, -0.2) is 0 Å². The van der Waals surface area contributed by atoms with E-state index in [-0.39, 0.29) is 17.5 Å². The highest BCUT2D eigenvalue weighted by Crippen LogP contribution is 2.37. The van der Waals surface area contributed by atoms with Gasteiger partial charge in [-0.3, -0.25) is 0 Å². The molecule has 0 unspecified atom stereocenters. The Bertz CT molecular complexity index is 414. The quantitative estimate of drug-likeness (QED) is 0.802. The topological polar surface area (TPSA) is 26.0 Å². The van der Waals surface area contributed by atoms with E-state index in [0.29, 0.717) is 12.1 Å². The Balaban J connectivity index is 3.41. The van der Waals surface area contributed by atoms with E-state index in [1.165, 1.54) is 0 Å². The molecule has 0 aliphatic rings. The average Bonchev–Trinajstić information content (AvgIpc) is 2.24. The van der Waals surface area contributed by atoms with Gasteiger partial charge in [-0.05, 0) is 29.7 Å². The Morgan fingerprint density at radius 3 is 1.47 bits per heavy atom. The van der Waals surface area contributed by atoms with E-state index in [0.717, 1.165) is 0 Å². The molecule has 0 amide bonds. The van der Waals surface area contributed by atoms with Crippen molar-refractivity contribution in [2.24, 2.45) is 11.7 Å². The molecule has 0 radical (unpaired) electrons. The third kappa shape index (κ3) is 3.86. The molecule has 0 aromatic heterocycles. The van der Waals surface area contributed by atoms with Crippen LogP contribution in [0.4, 0.5) is 26.3 Å². The fourth-order valence-electron chi connectivity index (χ4n) is 1.56. The molecule has 0 aliphatic heterocycles. The highest BCUT2D eigenvalue weighted by Gasteiger charge is 2.37. The minimum atomic E-state index is -4.84. The van der Waals surface area contributed by atoms with Crippen molar-refractivity contribution in [3.63, 3.8) is 0 Å². The van der Waals surface area contributed by atoms with Crippen LogP contribution in [0.15, 0.2) is 18.2 Å². The number of benzene rings is 1. The van der Waals surface area contributed by atoms with Crippen LogP contribution in [0.3, 0.4) is 0 Å². The molecule has 0 bridgehead atoms. The number of hydrogen-bond donors (Lipinski definition) is 1. The highest BCUT2D eigenvalue weighted by atomic mass is 19.4. The third-order valence-electron chi connectivity index (χ3n) is 2.71. The van der Waals surface area contributed by atoms with Crippen LogP contribution in [0.25, 0.3) is 0 Å². The number of alkyl halides is 6. The van der Waals surface area contributed by atoms with Crippen molar-refractivity contribution >= 4 is 0 Å². The molecule has 7 heteroatoms. The summed E-state index contributed by atoms with van der Waals surface area (Å²) in [5, 5.41) is 0. The Labute approximate surface area is 106 Å². The Morgan fingerprint density at radius 1 is 0.842 bits per heavy atom. The molecule has 0 spiro atoms. The van der Waals surface area contributed by atoms with Crippen molar-refractivity contribution < 1.29 is 26.3 Å². The summed E-state index contributed by atoms with van der Waals surface area (Å²) in [4.78, 5) is 0. The zero-order chi connectivity index (χ0) is 15.0. The molecule has 0 heterocycles. The second-order valence-electron chi connectivity index (χ2n) is 4.61. The van der Waals surface area contributed by atoms with E-state index in [4.69, 9.17) is 5.73 Å². The van der Waals surface area contributed by atoms with Gasteiger partial charge in [0.2, 0.25) is 0 Å². The maximum Gasteiger partial charge on any atom is 0.416 e. The largest absolute Gasteiger partial charge is 0.416 e. The van der Waals surface area contributed by atoms with Crippen molar-refractivity contribution in [2.75, 3.05) is 0 Å². The smallest absolute Gasteiger partial charge is 0.324 e. The normalized spacial score (nSPS) is 14.8. The van der Waals surface area contributed by atoms with Gasteiger partial charge in [0.25, 0.3) is 0 Å². The molecular formula is C12H13F6N. The SMILES string of the molecule is CC(C)[C@@H](N)c1cc(C(F)(F)F)cc(C(F)(F)F)c1. The van der Waals surface area contributed by atoms with Crippen LogP contribution in [0.5, 0.6) is 0 Å². The lowest BCUT2D eigenvalue weighted by molar-refractivity contribution is -0.143. The van der Waals surface area contributed by atoms with Crippen molar-refractivity contribution in [1.29, 1.82) is 0 Å². The van der Waals surface area contributed by atoms with Gasteiger partial charge < -0.3 is 5.73 Å². The van der Waals surface area contributed by atoms with E-state index < -0.39 is 29.5 Å². The van der Waals surface area contributed by atoms with Crippen molar-refractivity contribution in [2.45, 2.75) is 32.2 Å². The van der Waals surface area contributed by atoms with E-state index in [2.05, 4.69) is 0 Å². The fourth-order valence-corrected chi connectivity index (χ4v) is 1.56. The van der Waals surface area contributed by atoms with Gasteiger partial charge in [0.1, 0.15) is 0 Å². The van der Waals surface area contributed by atoms with Crippen LogP contribution in [0.1, 0.15) is 36.6 Å². The van der Waals surface area contributed by atoms with Crippen molar-refractivity contribution in [1.82, 2.24) is 0 Å². The van der Waals surface area contributed by atoms with E-state index in [1.54, 1.807) is 13.8 Å². The summed E-state index contributed by atoms with van der Waals surface area (Å²) in [6, 6.07) is 0.541. The van der Waals surface area contributed by atoms with E-state index in [1.807, 2.05) is 0 Å². The summed E-state index contributed by atoms with van der Waals surface area (Å²) in [6.07, 6.45) is -9.68. The molecular weight excluding hydrogens is 272 g/mol. The molecule has 1 nitrogen and oxygen atoms in total. The Kier molecular flexibility index (Phi) is 4.19. The summed E-state index contributed by atoms with van der Waals surface area (Å²) >= 11 is 0. The van der Waals surface area contributed by atoms with Crippen LogP contribution >= 0.6 is 0 Å². The first-order chi connectivity index (χ1) is 8.43. The Hall–Kier alpha value is -1.24. The second kappa shape index (κ2) is 5.03. The van der Waals surface area contributed by atoms with Crippen LogP contribution in [0.2, 0.25) is 0 Å². The summed E-state index contributed by atoms with van der Waals surface area (Å²) in [7, 11) is 0. The van der Waals surface area contributed by atoms with Gasteiger partial charge in [0, 0.05) is 6.04 Å². The number of rotatable bonds is 2. The lowest BCUT2D eigenvalue weighted by atomic mass is 9.93.